The third kappa shape index (κ3) is 1.45. The van der Waals surface area contributed by atoms with Gasteiger partial charge in [-0.1, -0.05) is 0 Å². The minimum Gasteiger partial charge on any atom is -0.496 e. The van der Waals surface area contributed by atoms with Gasteiger partial charge in [-0.25, -0.2) is 0 Å². The molecule has 0 saturated carbocycles. The van der Waals surface area contributed by atoms with Crippen LogP contribution in [0.5, 0.6) is 5.75 Å². The molecule has 5 nitrogen and oxygen atoms in total. The summed E-state index contributed by atoms with van der Waals surface area (Å²) in [6.07, 6.45) is 1.60. The van der Waals surface area contributed by atoms with Gasteiger partial charge >= 0.3 is 0 Å². The molecule has 1 atom stereocenters. The fourth-order valence-corrected chi connectivity index (χ4v) is 1.77. The van der Waals surface area contributed by atoms with Gasteiger partial charge in [-0.3, -0.25) is 9.89 Å². The number of aromatic nitrogens is 2. The van der Waals surface area contributed by atoms with Crippen molar-refractivity contribution in [2.75, 3.05) is 7.11 Å². The Labute approximate surface area is 92.0 Å². The van der Waals surface area contributed by atoms with Gasteiger partial charge in [0.05, 0.1) is 30.3 Å². The third-order valence-electron chi connectivity index (χ3n) is 2.53. The Balaban J connectivity index is 2.84. The highest BCUT2D eigenvalue weighted by molar-refractivity contribution is 5.99. The molecule has 2 N–H and O–H groups in total. The second kappa shape index (κ2) is 3.94. The lowest BCUT2D eigenvalue weighted by molar-refractivity contribution is 0.112. The maximum atomic E-state index is 10.9. The topological polar surface area (TPSA) is 75.2 Å². The van der Waals surface area contributed by atoms with Crippen molar-refractivity contribution in [3.8, 4) is 5.75 Å². The number of hydrogen-bond acceptors (Lipinski definition) is 4. The normalized spacial score (nSPS) is 12.7. The first-order valence-corrected chi connectivity index (χ1v) is 4.86. The van der Waals surface area contributed by atoms with E-state index in [0.717, 1.165) is 6.29 Å². The van der Waals surface area contributed by atoms with Crippen LogP contribution in [-0.2, 0) is 0 Å². The number of hydrogen-bond donors (Lipinski definition) is 2. The highest BCUT2D eigenvalue weighted by Crippen LogP contribution is 2.34. The molecule has 2 rings (SSSR count). The SMILES string of the molecule is COc1c(C(C)O)cc(C=O)c2[nH]ncc12. The number of fused-ring (bicyclic) bond motifs is 1. The molecule has 0 fully saturated rings. The monoisotopic (exact) mass is 220 g/mol. The van der Waals surface area contributed by atoms with Crippen LogP contribution < -0.4 is 4.74 Å². The zero-order valence-electron chi connectivity index (χ0n) is 9.02. The van der Waals surface area contributed by atoms with E-state index in [1.807, 2.05) is 0 Å². The van der Waals surface area contributed by atoms with E-state index in [0.29, 0.717) is 27.8 Å². The number of rotatable bonds is 3. The van der Waals surface area contributed by atoms with Crippen LogP contribution in [0.4, 0.5) is 0 Å². The van der Waals surface area contributed by atoms with Gasteiger partial charge in [-0.15, -0.1) is 0 Å². The quantitative estimate of drug-likeness (QED) is 0.767. The van der Waals surface area contributed by atoms with Gasteiger partial charge in [-0.05, 0) is 13.0 Å². The summed E-state index contributed by atoms with van der Waals surface area (Å²) in [5, 5.41) is 16.9. The summed E-state index contributed by atoms with van der Waals surface area (Å²) < 4.78 is 5.24. The minimum absolute atomic E-state index is 0.462. The predicted octanol–water partition coefficient (Wildman–Crippen LogP) is 1.44. The van der Waals surface area contributed by atoms with Crippen molar-refractivity contribution < 1.29 is 14.6 Å². The highest BCUT2D eigenvalue weighted by Gasteiger charge is 2.16. The van der Waals surface area contributed by atoms with Gasteiger partial charge in [0.25, 0.3) is 0 Å². The number of nitrogens with one attached hydrogen (secondary N) is 1. The summed E-state index contributed by atoms with van der Waals surface area (Å²) in [7, 11) is 1.52. The molecular weight excluding hydrogens is 208 g/mol. The van der Waals surface area contributed by atoms with Crippen LogP contribution >= 0.6 is 0 Å². The first-order chi connectivity index (χ1) is 7.69. The molecule has 0 bridgehead atoms. The largest absolute Gasteiger partial charge is 0.496 e. The number of nitrogens with zero attached hydrogens (tertiary/aromatic N) is 1. The molecule has 0 aliphatic heterocycles. The average molecular weight is 220 g/mol. The molecule has 1 unspecified atom stereocenters. The Morgan fingerprint density at radius 2 is 2.38 bits per heavy atom. The molecule has 1 aromatic carbocycles. The van der Waals surface area contributed by atoms with E-state index >= 15 is 0 Å². The lowest BCUT2D eigenvalue weighted by atomic mass is 10.0. The van der Waals surface area contributed by atoms with Crippen molar-refractivity contribution in [2.24, 2.45) is 0 Å². The van der Waals surface area contributed by atoms with Crippen molar-refractivity contribution in [1.82, 2.24) is 10.2 Å². The Kier molecular flexibility index (Phi) is 2.62. The van der Waals surface area contributed by atoms with Crippen LogP contribution in [0.25, 0.3) is 10.9 Å². The molecule has 0 radical (unpaired) electrons. The second-order valence-electron chi connectivity index (χ2n) is 3.54. The molecule has 0 spiro atoms. The van der Waals surface area contributed by atoms with Crippen LogP contribution in [0.15, 0.2) is 12.3 Å². The van der Waals surface area contributed by atoms with Crippen molar-refractivity contribution in [3.05, 3.63) is 23.4 Å². The summed E-state index contributed by atoms with van der Waals surface area (Å²) in [5.74, 6) is 0.546. The molecule has 2 aromatic rings. The summed E-state index contributed by atoms with van der Waals surface area (Å²) in [6.45, 7) is 1.62. The van der Waals surface area contributed by atoms with Crippen LogP contribution in [0.3, 0.4) is 0 Å². The maximum Gasteiger partial charge on any atom is 0.152 e. The van der Waals surface area contributed by atoms with Crippen molar-refractivity contribution in [2.45, 2.75) is 13.0 Å². The molecule has 0 aliphatic carbocycles. The number of aromatic amines is 1. The predicted molar refractivity (Wildman–Crippen MR) is 58.7 cm³/mol. The third-order valence-corrected chi connectivity index (χ3v) is 2.53. The Morgan fingerprint density at radius 1 is 1.62 bits per heavy atom. The smallest absolute Gasteiger partial charge is 0.152 e. The zero-order valence-corrected chi connectivity index (χ0v) is 9.02. The lowest BCUT2D eigenvalue weighted by Gasteiger charge is -2.12. The molecule has 84 valence electrons. The first-order valence-electron chi connectivity index (χ1n) is 4.86. The van der Waals surface area contributed by atoms with E-state index in [4.69, 9.17) is 4.74 Å². The number of benzene rings is 1. The molecule has 5 heteroatoms. The molecule has 1 heterocycles. The summed E-state index contributed by atoms with van der Waals surface area (Å²) in [5.41, 5.74) is 1.67. The van der Waals surface area contributed by atoms with Gasteiger partial charge < -0.3 is 9.84 Å². The number of carbonyl (C=O) groups excluding carboxylic acids is 1. The van der Waals surface area contributed by atoms with E-state index in [2.05, 4.69) is 10.2 Å². The Hall–Kier alpha value is -1.88. The molecule has 0 saturated heterocycles. The Bertz CT molecular complexity index is 531. The molecule has 0 aliphatic rings. The van der Waals surface area contributed by atoms with Gasteiger partial charge in [0.2, 0.25) is 0 Å². The van der Waals surface area contributed by atoms with E-state index in [1.54, 1.807) is 19.2 Å². The number of carbonyl (C=O) groups is 1. The summed E-state index contributed by atoms with van der Waals surface area (Å²) >= 11 is 0. The number of aldehydes is 1. The van der Waals surface area contributed by atoms with E-state index in [1.165, 1.54) is 7.11 Å². The summed E-state index contributed by atoms with van der Waals surface area (Å²) in [4.78, 5) is 10.9. The van der Waals surface area contributed by atoms with Gasteiger partial charge in [0.1, 0.15) is 5.75 Å². The van der Waals surface area contributed by atoms with E-state index in [9.17, 15) is 9.90 Å². The fourth-order valence-electron chi connectivity index (χ4n) is 1.77. The average Bonchev–Trinajstić information content (AvgIpc) is 2.75. The van der Waals surface area contributed by atoms with E-state index < -0.39 is 6.10 Å². The van der Waals surface area contributed by atoms with Crippen LogP contribution in [-0.4, -0.2) is 28.7 Å². The van der Waals surface area contributed by atoms with E-state index in [-0.39, 0.29) is 0 Å². The first kappa shape index (κ1) is 10.6. The lowest BCUT2D eigenvalue weighted by Crippen LogP contribution is -1.99. The number of aliphatic hydroxyl groups is 1. The number of aliphatic hydroxyl groups excluding tert-OH is 1. The fraction of sp³-hybridized carbons (Fsp3) is 0.273. The van der Waals surface area contributed by atoms with Crippen LogP contribution in [0.2, 0.25) is 0 Å². The second-order valence-corrected chi connectivity index (χ2v) is 3.54. The summed E-state index contributed by atoms with van der Waals surface area (Å²) in [6, 6.07) is 1.61. The minimum atomic E-state index is -0.701. The molecule has 0 amide bonds. The zero-order chi connectivity index (χ0) is 11.7. The molecular formula is C11H12N2O3. The standard InChI is InChI=1S/C11H12N2O3/c1-6(15)8-3-7(5-14)10-9(4-12-13-10)11(8)16-2/h3-6,15H,1-2H3,(H,12,13). The Morgan fingerprint density at radius 3 is 2.94 bits per heavy atom. The highest BCUT2D eigenvalue weighted by atomic mass is 16.5. The number of ether oxygens (including phenoxy) is 1. The number of methoxy groups -OCH3 is 1. The number of H-pyrrole nitrogens is 1. The van der Waals surface area contributed by atoms with Crippen LogP contribution in [0.1, 0.15) is 28.9 Å². The van der Waals surface area contributed by atoms with Crippen molar-refractivity contribution in [1.29, 1.82) is 0 Å². The molecule has 16 heavy (non-hydrogen) atoms. The van der Waals surface area contributed by atoms with Crippen molar-refractivity contribution in [3.63, 3.8) is 0 Å². The van der Waals surface area contributed by atoms with Gasteiger partial charge in [0, 0.05) is 11.1 Å². The van der Waals surface area contributed by atoms with Crippen LogP contribution in [0, 0.1) is 0 Å². The van der Waals surface area contributed by atoms with Gasteiger partial charge in [0.15, 0.2) is 6.29 Å². The maximum absolute atomic E-state index is 10.9. The van der Waals surface area contributed by atoms with Crippen molar-refractivity contribution >= 4 is 17.2 Å². The van der Waals surface area contributed by atoms with Gasteiger partial charge in [-0.2, -0.15) is 5.10 Å². The molecule has 1 aromatic heterocycles.